The molecule has 0 atom stereocenters. The SMILES string of the molecule is Clc1cccc(Cl)c1.NNC=O. The third-order valence-corrected chi connectivity index (χ3v) is 1.32. The molecular formula is C7H8Cl2N2O. The molecule has 0 radical (unpaired) electrons. The number of hydrogen-bond donors (Lipinski definition) is 2. The lowest BCUT2D eigenvalue weighted by molar-refractivity contribution is -0.109. The summed E-state index contributed by atoms with van der Waals surface area (Å²) in [4.78, 5) is 8.94. The lowest BCUT2D eigenvalue weighted by atomic mass is 10.4. The smallest absolute Gasteiger partial charge is 0.221 e. The van der Waals surface area contributed by atoms with Crippen molar-refractivity contribution in [2.45, 2.75) is 0 Å². The van der Waals surface area contributed by atoms with E-state index >= 15 is 0 Å². The van der Waals surface area contributed by atoms with Crippen molar-refractivity contribution in [3.05, 3.63) is 34.3 Å². The molecule has 0 unspecified atom stereocenters. The zero-order chi connectivity index (χ0) is 9.40. The van der Waals surface area contributed by atoms with E-state index in [4.69, 9.17) is 28.0 Å². The molecule has 3 N–H and O–H groups in total. The second-order valence-corrected chi connectivity index (χ2v) is 2.60. The zero-order valence-corrected chi connectivity index (χ0v) is 7.64. The Morgan fingerprint density at radius 2 is 1.75 bits per heavy atom. The van der Waals surface area contributed by atoms with Gasteiger partial charge in [-0.3, -0.25) is 10.2 Å². The first-order valence-corrected chi connectivity index (χ1v) is 3.77. The first-order valence-electron chi connectivity index (χ1n) is 3.01. The Bertz CT molecular complexity index is 225. The van der Waals surface area contributed by atoms with Crippen LogP contribution in [0.15, 0.2) is 24.3 Å². The molecule has 1 aromatic rings. The number of carbonyl (C=O) groups excluding carboxylic acids is 1. The van der Waals surface area contributed by atoms with Crippen LogP contribution in [0.25, 0.3) is 0 Å². The van der Waals surface area contributed by atoms with Crippen molar-refractivity contribution < 1.29 is 4.79 Å². The van der Waals surface area contributed by atoms with Gasteiger partial charge in [0, 0.05) is 10.0 Å². The quantitative estimate of drug-likeness (QED) is 0.318. The summed E-state index contributed by atoms with van der Waals surface area (Å²) in [5.41, 5.74) is 1.75. The fourth-order valence-corrected chi connectivity index (χ4v) is 0.896. The Kier molecular flexibility index (Phi) is 6.47. The molecule has 0 aliphatic heterocycles. The van der Waals surface area contributed by atoms with Crippen molar-refractivity contribution in [2.24, 2.45) is 5.84 Å². The summed E-state index contributed by atoms with van der Waals surface area (Å²) in [6.45, 7) is 0. The monoisotopic (exact) mass is 206 g/mol. The average molecular weight is 207 g/mol. The van der Waals surface area contributed by atoms with Gasteiger partial charge in [-0.2, -0.15) is 0 Å². The molecule has 12 heavy (non-hydrogen) atoms. The molecule has 1 amide bonds. The molecule has 1 rings (SSSR count). The largest absolute Gasteiger partial charge is 0.297 e. The molecule has 66 valence electrons. The van der Waals surface area contributed by atoms with Crippen molar-refractivity contribution in [1.29, 1.82) is 0 Å². The lowest BCUT2D eigenvalue weighted by Crippen LogP contribution is -2.18. The maximum absolute atomic E-state index is 8.94. The fourth-order valence-electron chi connectivity index (χ4n) is 0.460. The third kappa shape index (κ3) is 5.97. The van der Waals surface area contributed by atoms with Crippen LogP contribution in [0, 0.1) is 0 Å². The Balaban J connectivity index is 0.000000261. The number of halogens is 2. The van der Waals surface area contributed by atoms with Crippen LogP contribution in [0.1, 0.15) is 0 Å². The third-order valence-electron chi connectivity index (χ3n) is 0.855. The number of rotatable bonds is 1. The lowest BCUT2D eigenvalue weighted by Gasteiger charge is -1.86. The Morgan fingerprint density at radius 1 is 1.33 bits per heavy atom. The predicted molar refractivity (Wildman–Crippen MR) is 49.8 cm³/mol. The molecule has 0 aromatic heterocycles. The zero-order valence-electron chi connectivity index (χ0n) is 6.13. The van der Waals surface area contributed by atoms with Gasteiger partial charge in [0.1, 0.15) is 0 Å². The molecule has 0 saturated heterocycles. The number of hydrogen-bond acceptors (Lipinski definition) is 2. The van der Waals surface area contributed by atoms with Crippen LogP contribution in [-0.2, 0) is 4.79 Å². The molecule has 0 saturated carbocycles. The highest BCUT2D eigenvalue weighted by atomic mass is 35.5. The number of amides is 1. The van der Waals surface area contributed by atoms with Gasteiger partial charge in [-0.15, -0.1) is 0 Å². The van der Waals surface area contributed by atoms with Gasteiger partial charge in [0.25, 0.3) is 0 Å². The first-order chi connectivity index (χ1) is 5.70. The van der Waals surface area contributed by atoms with Crippen LogP contribution in [0.5, 0.6) is 0 Å². The second-order valence-electron chi connectivity index (χ2n) is 1.72. The Labute approximate surface area is 80.4 Å². The highest BCUT2D eigenvalue weighted by Gasteiger charge is 1.84. The second kappa shape index (κ2) is 6.91. The minimum Gasteiger partial charge on any atom is -0.297 e. The van der Waals surface area contributed by atoms with E-state index < -0.39 is 0 Å². The van der Waals surface area contributed by atoms with E-state index in [9.17, 15) is 0 Å². The van der Waals surface area contributed by atoms with E-state index in [1.165, 1.54) is 0 Å². The molecule has 0 spiro atoms. The van der Waals surface area contributed by atoms with Gasteiger partial charge >= 0.3 is 0 Å². The average Bonchev–Trinajstić information content (AvgIpc) is 2.04. The predicted octanol–water partition coefficient (Wildman–Crippen LogP) is 1.60. The van der Waals surface area contributed by atoms with Crippen molar-refractivity contribution >= 4 is 29.6 Å². The molecule has 0 aliphatic carbocycles. The van der Waals surface area contributed by atoms with Gasteiger partial charge in [-0.05, 0) is 18.2 Å². The van der Waals surface area contributed by atoms with Crippen LogP contribution in [0.2, 0.25) is 10.0 Å². The van der Waals surface area contributed by atoms with Crippen molar-refractivity contribution in [2.75, 3.05) is 0 Å². The normalized spacial score (nSPS) is 7.92. The molecule has 0 heterocycles. The Hall–Kier alpha value is -0.770. The van der Waals surface area contributed by atoms with Gasteiger partial charge in [0.15, 0.2) is 0 Å². The van der Waals surface area contributed by atoms with Crippen LogP contribution >= 0.6 is 23.2 Å². The van der Waals surface area contributed by atoms with Crippen LogP contribution in [-0.4, -0.2) is 6.41 Å². The molecule has 5 heteroatoms. The van der Waals surface area contributed by atoms with Gasteiger partial charge in [0.05, 0.1) is 0 Å². The van der Waals surface area contributed by atoms with E-state index in [0.717, 1.165) is 0 Å². The molecule has 0 bridgehead atoms. The molecule has 0 fully saturated rings. The van der Waals surface area contributed by atoms with Crippen molar-refractivity contribution in [3.63, 3.8) is 0 Å². The summed E-state index contributed by atoms with van der Waals surface area (Å²) in [6, 6.07) is 7.08. The fraction of sp³-hybridized carbons (Fsp3) is 0. The van der Waals surface area contributed by atoms with E-state index in [1.54, 1.807) is 23.6 Å². The van der Waals surface area contributed by atoms with Gasteiger partial charge in [-0.1, -0.05) is 29.3 Å². The van der Waals surface area contributed by atoms with Crippen LogP contribution in [0.3, 0.4) is 0 Å². The highest BCUT2D eigenvalue weighted by Crippen LogP contribution is 2.13. The number of nitrogens with one attached hydrogen (secondary N) is 1. The number of nitrogens with two attached hydrogens (primary N) is 1. The van der Waals surface area contributed by atoms with Crippen LogP contribution in [0.4, 0.5) is 0 Å². The first kappa shape index (κ1) is 11.2. The molecule has 3 nitrogen and oxygen atoms in total. The van der Waals surface area contributed by atoms with E-state index in [2.05, 4.69) is 5.84 Å². The minimum absolute atomic E-state index is 0.403. The molecule has 1 aromatic carbocycles. The number of hydrazine groups is 1. The van der Waals surface area contributed by atoms with Crippen molar-refractivity contribution in [3.8, 4) is 0 Å². The summed E-state index contributed by atoms with van der Waals surface area (Å²) in [5, 5.41) is 1.36. The standard InChI is InChI=1S/C6H4Cl2.CH4N2O/c7-5-2-1-3-6(8)4-5;2-3-1-4/h1-4H;1H,2H2,(H,3,4). The Morgan fingerprint density at radius 3 is 1.92 bits per heavy atom. The summed E-state index contributed by atoms with van der Waals surface area (Å²) in [5.74, 6) is 4.41. The summed E-state index contributed by atoms with van der Waals surface area (Å²) in [7, 11) is 0. The number of benzene rings is 1. The van der Waals surface area contributed by atoms with Gasteiger partial charge in [-0.25, -0.2) is 5.84 Å². The molecular weight excluding hydrogens is 199 g/mol. The van der Waals surface area contributed by atoms with E-state index in [0.29, 0.717) is 16.5 Å². The van der Waals surface area contributed by atoms with Gasteiger partial charge < -0.3 is 0 Å². The van der Waals surface area contributed by atoms with Crippen LogP contribution < -0.4 is 11.3 Å². The van der Waals surface area contributed by atoms with E-state index in [1.807, 2.05) is 6.07 Å². The summed E-state index contributed by atoms with van der Waals surface area (Å²) >= 11 is 11.1. The topological polar surface area (TPSA) is 55.1 Å². The summed E-state index contributed by atoms with van der Waals surface area (Å²) in [6.07, 6.45) is 0.403. The van der Waals surface area contributed by atoms with Crippen molar-refractivity contribution in [1.82, 2.24) is 5.43 Å². The maximum atomic E-state index is 8.94. The van der Waals surface area contributed by atoms with Gasteiger partial charge in [0.2, 0.25) is 6.41 Å². The maximum Gasteiger partial charge on any atom is 0.221 e. The molecule has 0 aliphatic rings. The summed E-state index contributed by atoms with van der Waals surface area (Å²) < 4.78 is 0. The minimum atomic E-state index is 0.403. The number of carbonyl (C=O) groups is 1. The highest BCUT2D eigenvalue weighted by molar-refractivity contribution is 6.34. The van der Waals surface area contributed by atoms with E-state index in [-0.39, 0.29) is 0 Å².